The molecule has 0 aromatic carbocycles. The molecule has 1 fully saturated rings. The highest BCUT2D eigenvalue weighted by Crippen LogP contribution is 2.22. The third kappa shape index (κ3) is 5.41. The molecule has 20 heavy (non-hydrogen) atoms. The summed E-state index contributed by atoms with van der Waals surface area (Å²) in [5.41, 5.74) is -0.804. The maximum atomic E-state index is 11.5. The summed E-state index contributed by atoms with van der Waals surface area (Å²) >= 11 is 0. The highest BCUT2D eigenvalue weighted by atomic mass is 16.4. The summed E-state index contributed by atoms with van der Waals surface area (Å²) in [6, 6.07) is 0.894. The molecule has 0 aromatic rings. The Morgan fingerprint density at radius 3 is 2.45 bits per heavy atom. The van der Waals surface area contributed by atoms with Crippen molar-refractivity contribution < 1.29 is 9.90 Å². The molecule has 0 saturated heterocycles. The van der Waals surface area contributed by atoms with Crippen molar-refractivity contribution in [2.24, 2.45) is 0 Å². The van der Waals surface area contributed by atoms with E-state index in [1.54, 1.807) is 6.92 Å². The number of nitrogens with zero attached hydrogens (tertiary/aromatic N) is 1. The zero-order valence-corrected chi connectivity index (χ0v) is 13.6. The molecule has 0 spiro atoms. The lowest BCUT2D eigenvalue weighted by Crippen LogP contribution is -2.52. The minimum atomic E-state index is -0.804. The molecule has 1 saturated carbocycles. The smallest absolute Gasteiger partial charge is 0.323 e. The molecule has 0 amide bonds. The van der Waals surface area contributed by atoms with Crippen molar-refractivity contribution in [2.75, 3.05) is 13.6 Å². The standard InChI is InChI=1S/C16H32N2O2/c1-13(2)17-16(3,15(19)20)11-8-12-18(4)14-9-6-5-7-10-14/h13-14,17H,5-12H2,1-4H3,(H,19,20). The maximum absolute atomic E-state index is 11.5. The molecule has 4 nitrogen and oxygen atoms in total. The minimum absolute atomic E-state index is 0.187. The van der Waals surface area contributed by atoms with Crippen LogP contribution in [-0.2, 0) is 4.79 Å². The van der Waals surface area contributed by atoms with E-state index < -0.39 is 11.5 Å². The van der Waals surface area contributed by atoms with Gasteiger partial charge in [0, 0.05) is 12.1 Å². The Morgan fingerprint density at radius 1 is 1.35 bits per heavy atom. The summed E-state index contributed by atoms with van der Waals surface area (Å²) in [5, 5.41) is 12.6. The quantitative estimate of drug-likeness (QED) is 0.719. The van der Waals surface area contributed by atoms with Crippen molar-refractivity contribution in [1.29, 1.82) is 0 Å². The Morgan fingerprint density at radius 2 is 1.95 bits per heavy atom. The van der Waals surface area contributed by atoms with Gasteiger partial charge in [-0.05, 0) is 60.0 Å². The van der Waals surface area contributed by atoms with E-state index in [-0.39, 0.29) is 6.04 Å². The summed E-state index contributed by atoms with van der Waals surface area (Å²) < 4.78 is 0. The number of rotatable bonds is 8. The second-order valence-corrected chi connectivity index (χ2v) is 6.81. The van der Waals surface area contributed by atoms with Gasteiger partial charge in [-0.15, -0.1) is 0 Å². The second-order valence-electron chi connectivity index (χ2n) is 6.81. The van der Waals surface area contributed by atoms with Crippen LogP contribution in [0.25, 0.3) is 0 Å². The van der Waals surface area contributed by atoms with Crippen LogP contribution in [0.2, 0.25) is 0 Å². The van der Waals surface area contributed by atoms with Gasteiger partial charge in [0.15, 0.2) is 0 Å². The van der Waals surface area contributed by atoms with Crippen LogP contribution in [0.5, 0.6) is 0 Å². The average molecular weight is 284 g/mol. The predicted molar refractivity (Wildman–Crippen MR) is 83.0 cm³/mol. The summed E-state index contributed by atoms with van der Waals surface area (Å²) in [6.07, 6.45) is 8.27. The molecule has 0 bridgehead atoms. The number of carboxylic acid groups (broad SMARTS) is 1. The van der Waals surface area contributed by atoms with Gasteiger partial charge in [0.1, 0.15) is 5.54 Å². The average Bonchev–Trinajstić information content (AvgIpc) is 2.38. The topological polar surface area (TPSA) is 52.6 Å². The van der Waals surface area contributed by atoms with Crippen molar-refractivity contribution >= 4 is 5.97 Å². The van der Waals surface area contributed by atoms with Crippen molar-refractivity contribution in [3.05, 3.63) is 0 Å². The summed E-state index contributed by atoms with van der Waals surface area (Å²) in [5.74, 6) is -0.744. The van der Waals surface area contributed by atoms with E-state index in [1.807, 2.05) is 13.8 Å². The highest BCUT2D eigenvalue weighted by molar-refractivity contribution is 5.78. The van der Waals surface area contributed by atoms with Crippen molar-refractivity contribution in [1.82, 2.24) is 10.2 Å². The van der Waals surface area contributed by atoms with Gasteiger partial charge in [-0.25, -0.2) is 0 Å². The third-order valence-electron chi connectivity index (χ3n) is 4.46. The number of aliphatic carboxylic acids is 1. The number of hydrogen-bond acceptors (Lipinski definition) is 3. The van der Waals surface area contributed by atoms with Crippen molar-refractivity contribution in [2.45, 2.75) is 83.3 Å². The molecule has 0 radical (unpaired) electrons. The largest absolute Gasteiger partial charge is 0.480 e. The molecule has 2 N–H and O–H groups in total. The minimum Gasteiger partial charge on any atom is -0.480 e. The summed E-state index contributed by atoms with van der Waals surface area (Å²) in [6.45, 7) is 6.79. The normalized spacial score (nSPS) is 20.3. The lowest BCUT2D eigenvalue weighted by atomic mass is 9.92. The van der Waals surface area contributed by atoms with Gasteiger partial charge in [0.05, 0.1) is 0 Å². The molecule has 118 valence electrons. The van der Waals surface area contributed by atoms with Gasteiger partial charge < -0.3 is 10.0 Å². The van der Waals surface area contributed by atoms with Crippen LogP contribution >= 0.6 is 0 Å². The molecular weight excluding hydrogens is 252 g/mol. The fourth-order valence-electron chi connectivity index (χ4n) is 3.26. The Hall–Kier alpha value is -0.610. The fourth-order valence-corrected chi connectivity index (χ4v) is 3.26. The van der Waals surface area contributed by atoms with Gasteiger partial charge in [-0.3, -0.25) is 10.1 Å². The van der Waals surface area contributed by atoms with E-state index in [2.05, 4.69) is 17.3 Å². The van der Waals surface area contributed by atoms with Gasteiger partial charge >= 0.3 is 5.97 Å². The Kier molecular flexibility index (Phi) is 6.96. The van der Waals surface area contributed by atoms with E-state index in [4.69, 9.17) is 0 Å². The van der Waals surface area contributed by atoms with E-state index in [0.717, 1.165) is 13.0 Å². The lowest BCUT2D eigenvalue weighted by Gasteiger charge is -2.33. The molecule has 1 atom stereocenters. The van der Waals surface area contributed by atoms with Crippen LogP contribution in [-0.4, -0.2) is 47.2 Å². The molecular formula is C16H32N2O2. The van der Waals surface area contributed by atoms with Crippen molar-refractivity contribution in [3.8, 4) is 0 Å². The van der Waals surface area contributed by atoms with Gasteiger partial charge in [-0.1, -0.05) is 19.3 Å². The van der Waals surface area contributed by atoms with Crippen LogP contribution < -0.4 is 5.32 Å². The molecule has 4 heteroatoms. The Labute approximate surface area is 123 Å². The summed E-state index contributed by atoms with van der Waals surface area (Å²) in [7, 11) is 2.18. The number of carbonyl (C=O) groups is 1. The van der Waals surface area contributed by atoms with Crippen LogP contribution in [0.4, 0.5) is 0 Å². The molecule has 1 unspecified atom stereocenters. The molecule has 1 aliphatic carbocycles. The van der Waals surface area contributed by atoms with Crippen molar-refractivity contribution in [3.63, 3.8) is 0 Å². The van der Waals surface area contributed by atoms with E-state index in [1.165, 1.54) is 32.1 Å². The Balaban J connectivity index is 2.37. The van der Waals surface area contributed by atoms with Crippen LogP contribution in [0.1, 0.15) is 65.7 Å². The zero-order chi connectivity index (χ0) is 15.2. The fraction of sp³-hybridized carbons (Fsp3) is 0.938. The van der Waals surface area contributed by atoms with Gasteiger partial charge in [-0.2, -0.15) is 0 Å². The molecule has 0 heterocycles. The monoisotopic (exact) mass is 284 g/mol. The maximum Gasteiger partial charge on any atom is 0.323 e. The summed E-state index contributed by atoms with van der Waals surface area (Å²) in [4.78, 5) is 13.9. The van der Waals surface area contributed by atoms with Gasteiger partial charge in [0.2, 0.25) is 0 Å². The SMILES string of the molecule is CC(C)NC(C)(CCCN(C)C1CCCCC1)C(=O)O. The molecule has 0 aromatic heterocycles. The van der Waals surface area contributed by atoms with E-state index >= 15 is 0 Å². The number of hydrogen-bond donors (Lipinski definition) is 2. The van der Waals surface area contributed by atoms with Gasteiger partial charge in [0.25, 0.3) is 0 Å². The first-order valence-electron chi connectivity index (χ1n) is 8.06. The highest BCUT2D eigenvalue weighted by Gasteiger charge is 2.33. The number of nitrogens with one attached hydrogen (secondary N) is 1. The predicted octanol–water partition coefficient (Wildman–Crippen LogP) is 2.87. The van der Waals surface area contributed by atoms with Crippen LogP contribution in [0.3, 0.4) is 0 Å². The first kappa shape index (κ1) is 17.4. The molecule has 1 aliphatic rings. The Bertz CT molecular complexity index is 301. The zero-order valence-electron chi connectivity index (χ0n) is 13.6. The lowest BCUT2D eigenvalue weighted by molar-refractivity contribution is -0.144. The molecule has 1 rings (SSSR count). The first-order chi connectivity index (χ1) is 9.35. The second kappa shape index (κ2) is 7.99. The van der Waals surface area contributed by atoms with E-state index in [0.29, 0.717) is 12.5 Å². The third-order valence-corrected chi connectivity index (χ3v) is 4.46. The number of carboxylic acids is 1. The molecule has 0 aliphatic heterocycles. The van der Waals surface area contributed by atoms with Crippen LogP contribution in [0, 0.1) is 0 Å². The van der Waals surface area contributed by atoms with Crippen LogP contribution in [0.15, 0.2) is 0 Å². The first-order valence-corrected chi connectivity index (χ1v) is 8.06. The van der Waals surface area contributed by atoms with E-state index in [9.17, 15) is 9.90 Å².